The van der Waals surface area contributed by atoms with Crippen molar-refractivity contribution in [2.75, 3.05) is 7.11 Å². The van der Waals surface area contributed by atoms with Crippen molar-refractivity contribution >= 4 is 5.97 Å². The van der Waals surface area contributed by atoms with E-state index in [-0.39, 0.29) is 12.1 Å². The Kier molecular flexibility index (Phi) is 8.47. The van der Waals surface area contributed by atoms with Crippen LogP contribution in [0.4, 0.5) is 0 Å². The zero-order valence-electron chi connectivity index (χ0n) is 15.2. The number of hydrogen-bond donors (Lipinski definition) is 1. The molecule has 1 aromatic rings. The molecule has 1 saturated carbocycles. The predicted molar refractivity (Wildman–Crippen MR) is 101 cm³/mol. The van der Waals surface area contributed by atoms with E-state index in [4.69, 9.17) is 4.74 Å². The number of unbranched alkanes of at least 4 members (excludes halogenated alkanes) is 1. The van der Waals surface area contributed by atoms with Crippen LogP contribution >= 0.6 is 0 Å². The maximum Gasteiger partial charge on any atom is 0.330 e. The molecule has 0 amide bonds. The summed E-state index contributed by atoms with van der Waals surface area (Å²) >= 11 is 0. The largest absolute Gasteiger partial charge is 0.466 e. The standard InChI is InChI=1S/C22H30O3/c1-25-22(24)17-20-12-7-11-19(16-20)14-15-21(23)13-6-5-10-18-8-3-2-4-9-18/h2-4,8-9,14-15,17,19,21,23H,5-7,10-13,16H2,1H3/b15-14+,20-17-/t19?,21-/m0/s1. The van der Waals surface area contributed by atoms with Crippen molar-refractivity contribution in [2.45, 2.75) is 57.5 Å². The van der Waals surface area contributed by atoms with Gasteiger partial charge in [0.1, 0.15) is 0 Å². The first-order valence-corrected chi connectivity index (χ1v) is 9.35. The molecule has 0 aliphatic heterocycles. The van der Waals surface area contributed by atoms with Crippen molar-refractivity contribution in [1.29, 1.82) is 0 Å². The Labute approximate surface area is 151 Å². The van der Waals surface area contributed by atoms with E-state index in [2.05, 4.69) is 30.3 Å². The molecule has 3 nitrogen and oxygen atoms in total. The van der Waals surface area contributed by atoms with E-state index in [1.165, 1.54) is 12.7 Å². The first-order valence-electron chi connectivity index (χ1n) is 9.35. The number of methoxy groups -OCH3 is 1. The summed E-state index contributed by atoms with van der Waals surface area (Å²) in [4.78, 5) is 11.3. The molecule has 1 aromatic carbocycles. The van der Waals surface area contributed by atoms with Crippen molar-refractivity contribution in [3.63, 3.8) is 0 Å². The SMILES string of the molecule is COC(=O)/C=C1/CCCC(/C=C/[C@@H](O)CCCCc2ccccc2)C1. The highest BCUT2D eigenvalue weighted by Crippen LogP contribution is 2.29. The van der Waals surface area contributed by atoms with E-state index in [9.17, 15) is 9.90 Å². The minimum atomic E-state index is -0.370. The molecular weight excluding hydrogens is 312 g/mol. The smallest absolute Gasteiger partial charge is 0.330 e. The third kappa shape index (κ3) is 7.70. The molecule has 3 heteroatoms. The van der Waals surface area contributed by atoms with Gasteiger partial charge in [-0.15, -0.1) is 0 Å². The number of ether oxygens (including phenoxy) is 1. The van der Waals surface area contributed by atoms with Crippen molar-refractivity contribution in [3.8, 4) is 0 Å². The molecule has 0 spiro atoms. The maximum absolute atomic E-state index is 11.3. The van der Waals surface area contributed by atoms with Crippen LogP contribution < -0.4 is 0 Å². The van der Waals surface area contributed by atoms with Crippen LogP contribution in [0.25, 0.3) is 0 Å². The van der Waals surface area contributed by atoms with Gasteiger partial charge < -0.3 is 9.84 Å². The summed E-state index contributed by atoms with van der Waals surface area (Å²) in [5, 5.41) is 10.2. The molecule has 0 radical (unpaired) electrons. The van der Waals surface area contributed by atoms with E-state index in [0.717, 1.165) is 56.9 Å². The first kappa shape index (κ1) is 19.5. The van der Waals surface area contributed by atoms with Gasteiger partial charge in [-0.3, -0.25) is 0 Å². The zero-order valence-corrected chi connectivity index (χ0v) is 15.2. The van der Waals surface area contributed by atoms with Gasteiger partial charge in [0.25, 0.3) is 0 Å². The van der Waals surface area contributed by atoms with Crippen LogP contribution in [-0.4, -0.2) is 24.3 Å². The molecule has 2 atom stereocenters. The zero-order chi connectivity index (χ0) is 17.9. The van der Waals surface area contributed by atoms with E-state index >= 15 is 0 Å². The Morgan fingerprint density at radius 3 is 2.88 bits per heavy atom. The molecule has 1 unspecified atom stereocenters. The molecule has 136 valence electrons. The van der Waals surface area contributed by atoms with Gasteiger partial charge in [-0.2, -0.15) is 0 Å². The van der Waals surface area contributed by atoms with Crippen LogP contribution in [0.5, 0.6) is 0 Å². The summed E-state index contributed by atoms with van der Waals surface area (Å²) in [5.74, 6) is 0.154. The van der Waals surface area contributed by atoms with Gasteiger partial charge in [-0.05, 0) is 56.4 Å². The molecule has 0 heterocycles. The number of rotatable bonds is 8. The van der Waals surface area contributed by atoms with Crippen molar-refractivity contribution in [1.82, 2.24) is 0 Å². The van der Waals surface area contributed by atoms with Crippen LogP contribution in [0.3, 0.4) is 0 Å². The lowest BCUT2D eigenvalue weighted by Gasteiger charge is -2.21. The molecule has 2 rings (SSSR count). The highest BCUT2D eigenvalue weighted by atomic mass is 16.5. The Hall–Kier alpha value is -1.87. The summed E-state index contributed by atoms with van der Waals surface area (Å²) in [7, 11) is 1.41. The molecule has 1 N–H and O–H groups in total. The third-order valence-corrected chi connectivity index (χ3v) is 4.78. The molecule has 25 heavy (non-hydrogen) atoms. The number of esters is 1. The fourth-order valence-corrected chi connectivity index (χ4v) is 3.36. The quantitative estimate of drug-likeness (QED) is 0.325. The van der Waals surface area contributed by atoms with Gasteiger partial charge in [0.15, 0.2) is 0 Å². The molecule has 1 fully saturated rings. The summed E-state index contributed by atoms with van der Waals surface area (Å²) in [6.45, 7) is 0. The minimum absolute atomic E-state index is 0.266. The number of carbonyl (C=O) groups is 1. The second kappa shape index (κ2) is 10.9. The van der Waals surface area contributed by atoms with E-state index < -0.39 is 0 Å². The summed E-state index contributed by atoms with van der Waals surface area (Å²) in [6, 6.07) is 10.5. The highest BCUT2D eigenvalue weighted by molar-refractivity contribution is 5.82. The second-order valence-corrected chi connectivity index (χ2v) is 6.87. The molecule has 0 saturated heterocycles. The first-order chi connectivity index (χ1) is 12.2. The normalized spacial score (nSPS) is 20.7. The lowest BCUT2D eigenvalue weighted by atomic mass is 9.85. The number of aliphatic hydroxyl groups excluding tert-OH is 1. The van der Waals surface area contributed by atoms with Crippen LogP contribution in [0.2, 0.25) is 0 Å². The average Bonchev–Trinajstić information content (AvgIpc) is 2.64. The average molecular weight is 342 g/mol. The summed E-state index contributed by atoms with van der Waals surface area (Å²) < 4.78 is 4.70. The fourth-order valence-electron chi connectivity index (χ4n) is 3.36. The molecule has 1 aliphatic carbocycles. The minimum Gasteiger partial charge on any atom is -0.466 e. The second-order valence-electron chi connectivity index (χ2n) is 6.87. The number of carbonyl (C=O) groups excluding carboxylic acids is 1. The molecular formula is C22H30O3. The van der Waals surface area contributed by atoms with Crippen LogP contribution in [-0.2, 0) is 16.0 Å². The van der Waals surface area contributed by atoms with Gasteiger partial charge in [0.05, 0.1) is 13.2 Å². The van der Waals surface area contributed by atoms with Crippen LogP contribution in [0.1, 0.15) is 50.5 Å². The van der Waals surface area contributed by atoms with E-state index in [0.29, 0.717) is 5.92 Å². The lowest BCUT2D eigenvalue weighted by Crippen LogP contribution is -2.10. The van der Waals surface area contributed by atoms with Crippen molar-refractivity contribution < 1.29 is 14.6 Å². The maximum atomic E-state index is 11.3. The summed E-state index contributed by atoms with van der Waals surface area (Å²) in [5.41, 5.74) is 2.52. The van der Waals surface area contributed by atoms with Crippen LogP contribution in [0, 0.1) is 5.92 Å². The molecule has 0 aromatic heterocycles. The van der Waals surface area contributed by atoms with Gasteiger partial charge in [-0.1, -0.05) is 54.5 Å². The Balaban J connectivity index is 1.68. The topological polar surface area (TPSA) is 46.5 Å². The van der Waals surface area contributed by atoms with Gasteiger partial charge in [-0.25, -0.2) is 4.79 Å². The molecule has 0 bridgehead atoms. The third-order valence-electron chi connectivity index (χ3n) is 4.78. The Morgan fingerprint density at radius 1 is 1.32 bits per heavy atom. The number of aliphatic hydroxyl groups is 1. The summed E-state index contributed by atoms with van der Waals surface area (Å²) in [6.07, 6.45) is 13.4. The van der Waals surface area contributed by atoms with E-state index in [1.54, 1.807) is 6.08 Å². The van der Waals surface area contributed by atoms with Gasteiger partial charge >= 0.3 is 5.97 Å². The predicted octanol–water partition coefficient (Wildman–Crippen LogP) is 4.61. The van der Waals surface area contributed by atoms with Gasteiger partial charge in [0, 0.05) is 6.08 Å². The lowest BCUT2D eigenvalue weighted by molar-refractivity contribution is -0.134. The highest BCUT2D eigenvalue weighted by Gasteiger charge is 2.16. The number of allylic oxidation sites excluding steroid dienone is 2. The Morgan fingerprint density at radius 2 is 2.12 bits per heavy atom. The molecule has 1 aliphatic rings. The Bertz CT molecular complexity index is 574. The van der Waals surface area contributed by atoms with Crippen molar-refractivity contribution in [2.24, 2.45) is 5.92 Å². The number of aryl methyl sites for hydroxylation is 1. The number of benzene rings is 1. The van der Waals surface area contributed by atoms with Crippen molar-refractivity contribution in [3.05, 3.63) is 59.7 Å². The monoisotopic (exact) mass is 342 g/mol. The number of hydrogen-bond acceptors (Lipinski definition) is 3. The van der Waals surface area contributed by atoms with E-state index in [1.807, 2.05) is 12.1 Å². The van der Waals surface area contributed by atoms with Crippen LogP contribution in [0.15, 0.2) is 54.1 Å². The fraction of sp³-hybridized carbons (Fsp3) is 0.500. The van der Waals surface area contributed by atoms with Gasteiger partial charge in [0.2, 0.25) is 0 Å².